The number of benzene rings is 2. The number of amides is 2. The van der Waals surface area contributed by atoms with E-state index in [4.69, 9.17) is 0 Å². The van der Waals surface area contributed by atoms with Crippen LogP contribution in [-0.2, 0) is 36.9 Å². The molecule has 236 valence electrons. The van der Waals surface area contributed by atoms with Gasteiger partial charge in [-0.3, -0.25) is 28.8 Å². The minimum atomic E-state index is -0.910. The number of carbonyl (C=O) groups is 6. The van der Waals surface area contributed by atoms with E-state index in [1.807, 2.05) is 45.0 Å². The van der Waals surface area contributed by atoms with Crippen LogP contribution in [-0.4, -0.2) is 52.4 Å². The van der Waals surface area contributed by atoms with E-state index in [0.717, 1.165) is 12.0 Å². The second-order valence-electron chi connectivity index (χ2n) is 13.3. The number of ketones is 4. The Balaban J connectivity index is 1.56. The van der Waals surface area contributed by atoms with E-state index in [2.05, 4.69) is 11.4 Å². The molecule has 0 bridgehead atoms. The molecule has 8 heteroatoms. The number of hydrogen-bond acceptors (Lipinski definition) is 6. The lowest BCUT2D eigenvalue weighted by molar-refractivity contribution is -0.142. The molecule has 2 aromatic rings. The highest BCUT2D eigenvalue weighted by molar-refractivity contribution is 6.38. The highest BCUT2D eigenvalue weighted by Gasteiger charge is 2.36. The van der Waals surface area contributed by atoms with Crippen molar-refractivity contribution in [3.8, 4) is 0 Å². The number of nitrogens with zero attached hydrogens (tertiary/aromatic N) is 1. The highest BCUT2D eigenvalue weighted by atomic mass is 16.2. The van der Waals surface area contributed by atoms with Crippen LogP contribution in [0.25, 0.3) is 0 Å². The fraction of sp³-hybridized carbons (Fsp3) is 0.500. The van der Waals surface area contributed by atoms with Crippen LogP contribution in [0.4, 0.5) is 0 Å². The lowest BCUT2D eigenvalue weighted by Crippen LogP contribution is -2.46. The Labute approximate surface area is 261 Å². The maximum atomic E-state index is 13.3. The highest BCUT2D eigenvalue weighted by Crippen LogP contribution is 2.30. The van der Waals surface area contributed by atoms with Crippen LogP contribution in [0.1, 0.15) is 88.7 Å². The van der Waals surface area contributed by atoms with Gasteiger partial charge in [-0.1, -0.05) is 89.2 Å². The molecule has 0 radical (unpaired) electrons. The normalized spacial score (nSPS) is 15.1. The predicted octanol–water partition coefficient (Wildman–Crippen LogP) is 5.16. The van der Waals surface area contributed by atoms with Crippen LogP contribution in [0.15, 0.2) is 54.6 Å². The zero-order valence-corrected chi connectivity index (χ0v) is 26.9. The van der Waals surface area contributed by atoms with E-state index in [0.29, 0.717) is 18.7 Å². The molecule has 0 saturated heterocycles. The number of Topliss-reactive ketones (excluding diaryl/α,β-unsaturated/α-hetero) is 4. The minimum absolute atomic E-state index is 0.00940. The number of nitrogens with one attached hydrogen (secondary N) is 1. The molecular formula is C36H46N2O6. The Hall–Kier alpha value is -3.94. The second kappa shape index (κ2) is 15.2. The number of rotatable bonds is 14. The van der Waals surface area contributed by atoms with Gasteiger partial charge in [0.15, 0.2) is 17.3 Å². The molecule has 0 saturated carbocycles. The fourth-order valence-electron chi connectivity index (χ4n) is 5.56. The van der Waals surface area contributed by atoms with Gasteiger partial charge in [0.1, 0.15) is 0 Å². The summed E-state index contributed by atoms with van der Waals surface area (Å²) in [5.74, 6) is -4.27. The molecule has 0 fully saturated rings. The largest absolute Gasteiger partial charge is 0.346 e. The molecule has 2 amide bonds. The molecule has 0 aliphatic carbocycles. The molecule has 2 aromatic carbocycles. The summed E-state index contributed by atoms with van der Waals surface area (Å²) < 4.78 is 0. The van der Waals surface area contributed by atoms with Gasteiger partial charge in [0.25, 0.3) is 0 Å². The minimum Gasteiger partial charge on any atom is -0.346 e. The lowest BCUT2D eigenvalue weighted by Gasteiger charge is -2.30. The van der Waals surface area contributed by atoms with E-state index in [1.165, 1.54) is 5.56 Å². The van der Waals surface area contributed by atoms with E-state index >= 15 is 0 Å². The van der Waals surface area contributed by atoms with Gasteiger partial charge in [0, 0.05) is 50.3 Å². The number of hydrogen-bond donors (Lipinski definition) is 1. The van der Waals surface area contributed by atoms with E-state index in [-0.39, 0.29) is 49.1 Å². The Morgan fingerprint density at radius 3 is 2.05 bits per heavy atom. The van der Waals surface area contributed by atoms with Crippen molar-refractivity contribution in [2.24, 2.45) is 23.2 Å². The topological polar surface area (TPSA) is 118 Å². The van der Waals surface area contributed by atoms with Crippen LogP contribution in [0.2, 0.25) is 0 Å². The Bertz CT molecular complexity index is 1370. The van der Waals surface area contributed by atoms with Gasteiger partial charge >= 0.3 is 0 Å². The summed E-state index contributed by atoms with van der Waals surface area (Å²) in [6.07, 6.45) is 0.269. The molecule has 1 aliphatic rings. The molecule has 0 aromatic heterocycles. The van der Waals surface area contributed by atoms with Gasteiger partial charge in [0.2, 0.25) is 17.6 Å². The second-order valence-corrected chi connectivity index (χ2v) is 13.3. The van der Waals surface area contributed by atoms with Crippen molar-refractivity contribution in [3.63, 3.8) is 0 Å². The average molecular weight is 603 g/mol. The third-order valence-corrected chi connectivity index (χ3v) is 8.58. The van der Waals surface area contributed by atoms with Crippen LogP contribution >= 0.6 is 0 Å². The zero-order valence-electron chi connectivity index (χ0n) is 26.9. The van der Waals surface area contributed by atoms with Gasteiger partial charge in [-0.15, -0.1) is 0 Å². The summed E-state index contributed by atoms with van der Waals surface area (Å²) in [6.45, 7) is 11.8. The molecule has 0 unspecified atom stereocenters. The number of carbonyl (C=O) groups excluding carboxylic acids is 6. The van der Waals surface area contributed by atoms with Crippen LogP contribution in [0.5, 0.6) is 0 Å². The van der Waals surface area contributed by atoms with Gasteiger partial charge < -0.3 is 10.2 Å². The first kappa shape index (κ1) is 34.5. The summed E-state index contributed by atoms with van der Waals surface area (Å²) in [5.41, 5.74) is 2.28. The summed E-state index contributed by atoms with van der Waals surface area (Å²) in [7, 11) is 0. The maximum Gasteiger partial charge on any atom is 0.224 e. The molecule has 3 atom stereocenters. The Morgan fingerprint density at radius 1 is 0.818 bits per heavy atom. The maximum absolute atomic E-state index is 13.3. The first-order chi connectivity index (χ1) is 20.7. The SMILES string of the molecule is CC(C)[C@H](CC(=O)[C@H](C)NC(=O)[C@@H](CC(=O)c1ccccc1)C(C)(C)C)C(=O)C(=O)CCC(=O)N1CCc2ccccc2C1. The summed E-state index contributed by atoms with van der Waals surface area (Å²) in [4.78, 5) is 80.0. The molecule has 1 N–H and O–H groups in total. The van der Waals surface area contributed by atoms with Crippen molar-refractivity contribution in [2.45, 2.75) is 86.2 Å². The fourth-order valence-corrected chi connectivity index (χ4v) is 5.56. The average Bonchev–Trinajstić information content (AvgIpc) is 2.99. The van der Waals surface area contributed by atoms with Crippen molar-refractivity contribution in [2.75, 3.05) is 6.54 Å². The Morgan fingerprint density at radius 2 is 1.43 bits per heavy atom. The van der Waals surface area contributed by atoms with Crippen molar-refractivity contribution in [1.29, 1.82) is 0 Å². The predicted molar refractivity (Wildman–Crippen MR) is 169 cm³/mol. The molecule has 1 aliphatic heterocycles. The van der Waals surface area contributed by atoms with Gasteiger partial charge in [-0.25, -0.2) is 0 Å². The molecule has 3 rings (SSSR count). The first-order valence-corrected chi connectivity index (χ1v) is 15.5. The molecule has 1 heterocycles. The van der Waals surface area contributed by atoms with Crippen molar-refractivity contribution in [1.82, 2.24) is 10.2 Å². The molecule has 0 spiro atoms. The zero-order chi connectivity index (χ0) is 32.6. The standard InChI is InChI=1S/C36H46N2O6/c1-23(2)28(34(43)30(39)16-17-33(42)38-19-18-25-12-10-11-15-27(25)22-38)20-31(40)24(3)37-35(44)29(36(4,5)6)21-32(41)26-13-8-7-9-14-26/h7-15,23-24,28-29H,16-22H2,1-6H3,(H,37,44)/t24-,28-,29+/m0/s1. The first-order valence-electron chi connectivity index (χ1n) is 15.5. The quantitative estimate of drug-likeness (QED) is 0.236. The summed E-state index contributed by atoms with van der Waals surface area (Å²) >= 11 is 0. The third-order valence-electron chi connectivity index (χ3n) is 8.58. The lowest BCUT2D eigenvalue weighted by atomic mass is 9.76. The molecular weight excluding hydrogens is 556 g/mol. The van der Waals surface area contributed by atoms with E-state index in [1.54, 1.807) is 49.9 Å². The molecule has 8 nitrogen and oxygen atoms in total. The summed E-state index contributed by atoms with van der Waals surface area (Å²) in [6, 6.07) is 15.8. The van der Waals surface area contributed by atoms with Crippen LogP contribution in [0.3, 0.4) is 0 Å². The third kappa shape index (κ3) is 9.28. The number of fused-ring (bicyclic) bond motifs is 1. The van der Waals surface area contributed by atoms with Gasteiger partial charge in [0.05, 0.1) is 12.0 Å². The van der Waals surface area contributed by atoms with Crippen molar-refractivity contribution < 1.29 is 28.8 Å². The van der Waals surface area contributed by atoms with Gasteiger partial charge in [-0.2, -0.15) is 0 Å². The van der Waals surface area contributed by atoms with Crippen LogP contribution < -0.4 is 5.32 Å². The van der Waals surface area contributed by atoms with Crippen molar-refractivity contribution >= 4 is 34.9 Å². The molecule has 44 heavy (non-hydrogen) atoms. The Kier molecular flexibility index (Phi) is 11.9. The monoisotopic (exact) mass is 602 g/mol. The smallest absolute Gasteiger partial charge is 0.224 e. The van der Waals surface area contributed by atoms with Crippen molar-refractivity contribution in [3.05, 3.63) is 71.3 Å². The van der Waals surface area contributed by atoms with Crippen LogP contribution in [0, 0.1) is 23.2 Å². The summed E-state index contributed by atoms with van der Waals surface area (Å²) in [5, 5.41) is 2.75. The van der Waals surface area contributed by atoms with Gasteiger partial charge in [-0.05, 0) is 35.8 Å². The van der Waals surface area contributed by atoms with E-state index in [9.17, 15) is 28.8 Å². The van der Waals surface area contributed by atoms with E-state index < -0.39 is 40.8 Å².